The zero-order valence-corrected chi connectivity index (χ0v) is 18.1. The molecule has 0 aliphatic carbocycles. The Kier molecular flexibility index (Phi) is 7.75. The molecular formula is C25H27ClN2O2. The Morgan fingerprint density at radius 3 is 2.43 bits per heavy atom. The number of anilines is 2. The highest BCUT2D eigenvalue weighted by atomic mass is 35.5. The lowest BCUT2D eigenvalue weighted by molar-refractivity contribution is -0.116. The second kappa shape index (κ2) is 10.7. The van der Waals surface area contributed by atoms with E-state index in [4.69, 9.17) is 16.3 Å². The monoisotopic (exact) mass is 422 g/mol. The highest BCUT2D eigenvalue weighted by molar-refractivity contribution is 6.31. The van der Waals surface area contributed by atoms with Crippen molar-refractivity contribution >= 4 is 28.9 Å². The minimum atomic E-state index is 0.0366. The van der Waals surface area contributed by atoms with Crippen LogP contribution in [0.4, 0.5) is 11.4 Å². The van der Waals surface area contributed by atoms with Crippen LogP contribution in [0.1, 0.15) is 31.4 Å². The molecule has 0 fully saturated rings. The number of carbonyl (C=O) groups is 1. The van der Waals surface area contributed by atoms with Crippen molar-refractivity contribution in [3.63, 3.8) is 0 Å². The number of benzene rings is 3. The van der Waals surface area contributed by atoms with E-state index in [0.29, 0.717) is 30.5 Å². The second-order valence-electron chi connectivity index (χ2n) is 7.60. The van der Waals surface area contributed by atoms with E-state index in [1.54, 1.807) is 0 Å². The van der Waals surface area contributed by atoms with Gasteiger partial charge < -0.3 is 15.4 Å². The highest BCUT2D eigenvalue weighted by Gasteiger charge is 2.06. The van der Waals surface area contributed by atoms with Gasteiger partial charge in [0.05, 0.1) is 0 Å². The Morgan fingerprint density at radius 2 is 1.70 bits per heavy atom. The summed E-state index contributed by atoms with van der Waals surface area (Å²) < 4.78 is 5.83. The first kappa shape index (κ1) is 21.7. The average Bonchev–Trinajstić information content (AvgIpc) is 2.72. The molecule has 0 atom stereocenters. The summed E-state index contributed by atoms with van der Waals surface area (Å²) in [5, 5.41) is 7.05. The standard InChI is InChI=1S/C25H27ClN2O2/c1-18(2)14-25(29)28-22-8-5-7-21(15-22)27-16-19-10-12-23(13-11-19)30-17-20-6-3-4-9-24(20)26/h3-13,15,18,27H,14,16-17H2,1-2H3,(H,28,29). The van der Waals surface area contributed by atoms with Gasteiger partial charge in [-0.1, -0.05) is 61.8 Å². The molecule has 0 aromatic heterocycles. The van der Waals surface area contributed by atoms with E-state index in [-0.39, 0.29) is 5.91 Å². The molecule has 0 aliphatic heterocycles. The molecule has 1 amide bonds. The maximum Gasteiger partial charge on any atom is 0.224 e. The molecule has 2 N–H and O–H groups in total. The van der Waals surface area contributed by atoms with Crippen molar-refractivity contribution in [3.05, 3.63) is 88.9 Å². The summed E-state index contributed by atoms with van der Waals surface area (Å²) in [4.78, 5) is 12.0. The van der Waals surface area contributed by atoms with Gasteiger partial charge in [0, 0.05) is 34.9 Å². The Morgan fingerprint density at radius 1 is 0.967 bits per heavy atom. The van der Waals surface area contributed by atoms with Crippen molar-refractivity contribution in [2.75, 3.05) is 10.6 Å². The van der Waals surface area contributed by atoms with Crippen molar-refractivity contribution in [2.24, 2.45) is 5.92 Å². The second-order valence-corrected chi connectivity index (χ2v) is 8.01. The third-order valence-corrected chi connectivity index (χ3v) is 4.88. The van der Waals surface area contributed by atoms with Gasteiger partial charge in [-0.25, -0.2) is 0 Å². The number of hydrogen-bond donors (Lipinski definition) is 2. The predicted molar refractivity (Wildman–Crippen MR) is 124 cm³/mol. The van der Waals surface area contributed by atoms with Crippen LogP contribution in [0.3, 0.4) is 0 Å². The molecule has 3 rings (SSSR count). The molecule has 0 saturated heterocycles. The average molecular weight is 423 g/mol. The molecule has 156 valence electrons. The molecule has 3 aromatic carbocycles. The maximum absolute atomic E-state index is 12.0. The minimum Gasteiger partial charge on any atom is -0.489 e. The molecule has 0 spiro atoms. The van der Waals surface area contributed by atoms with Gasteiger partial charge in [-0.15, -0.1) is 0 Å². The summed E-state index contributed by atoms with van der Waals surface area (Å²) >= 11 is 6.16. The number of carbonyl (C=O) groups excluding carboxylic acids is 1. The first-order chi connectivity index (χ1) is 14.5. The molecule has 0 radical (unpaired) electrons. The Labute approximate surface area is 183 Å². The number of ether oxygens (including phenoxy) is 1. The van der Waals surface area contributed by atoms with Crippen LogP contribution in [-0.4, -0.2) is 5.91 Å². The molecule has 4 nitrogen and oxygen atoms in total. The van der Waals surface area contributed by atoms with Gasteiger partial charge in [-0.2, -0.15) is 0 Å². The van der Waals surface area contributed by atoms with Crippen molar-refractivity contribution in [3.8, 4) is 5.75 Å². The summed E-state index contributed by atoms with van der Waals surface area (Å²) in [5.41, 5.74) is 3.85. The van der Waals surface area contributed by atoms with Gasteiger partial charge in [0.15, 0.2) is 0 Å². The third kappa shape index (κ3) is 6.82. The van der Waals surface area contributed by atoms with Crippen molar-refractivity contribution in [2.45, 2.75) is 33.4 Å². The Balaban J connectivity index is 1.51. The minimum absolute atomic E-state index is 0.0366. The highest BCUT2D eigenvalue weighted by Crippen LogP contribution is 2.20. The Bertz CT molecular complexity index is 971. The quantitative estimate of drug-likeness (QED) is 0.413. The van der Waals surface area contributed by atoms with Gasteiger partial charge in [-0.05, 0) is 47.9 Å². The molecule has 0 saturated carbocycles. The number of amides is 1. The first-order valence-electron chi connectivity index (χ1n) is 10.1. The lowest BCUT2D eigenvalue weighted by Crippen LogP contribution is -2.13. The van der Waals surface area contributed by atoms with Gasteiger partial charge in [-0.3, -0.25) is 4.79 Å². The normalized spacial score (nSPS) is 10.7. The van der Waals surface area contributed by atoms with Gasteiger partial charge in [0.2, 0.25) is 5.91 Å². The van der Waals surface area contributed by atoms with Crippen LogP contribution in [0.2, 0.25) is 5.02 Å². The third-order valence-electron chi connectivity index (χ3n) is 4.51. The Hall–Kier alpha value is -2.98. The molecular weight excluding hydrogens is 396 g/mol. The smallest absolute Gasteiger partial charge is 0.224 e. The van der Waals surface area contributed by atoms with E-state index in [0.717, 1.165) is 28.3 Å². The van der Waals surface area contributed by atoms with Crippen LogP contribution in [0.25, 0.3) is 0 Å². The molecule has 0 bridgehead atoms. The van der Waals surface area contributed by atoms with Crippen molar-refractivity contribution in [1.29, 1.82) is 0 Å². The van der Waals surface area contributed by atoms with E-state index < -0.39 is 0 Å². The largest absolute Gasteiger partial charge is 0.489 e. The molecule has 5 heteroatoms. The molecule has 0 unspecified atom stereocenters. The number of rotatable bonds is 9. The summed E-state index contributed by atoms with van der Waals surface area (Å²) in [6, 6.07) is 23.4. The number of hydrogen-bond acceptors (Lipinski definition) is 3. The van der Waals surface area contributed by atoms with Crippen LogP contribution in [0.5, 0.6) is 5.75 Å². The van der Waals surface area contributed by atoms with E-state index in [2.05, 4.69) is 10.6 Å². The summed E-state index contributed by atoms with van der Waals surface area (Å²) in [7, 11) is 0. The molecule has 30 heavy (non-hydrogen) atoms. The van der Waals surface area contributed by atoms with E-state index in [9.17, 15) is 4.79 Å². The summed E-state index contributed by atoms with van der Waals surface area (Å²) in [6.45, 7) is 5.18. The van der Waals surface area contributed by atoms with Crippen molar-refractivity contribution in [1.82, 2.24) is 0 Å². The predicted octanol–water partition coefficient (Wildman–Crippen LogP) is 6.52. The van der Waals surface area contributed by atoms with Gasteiger partial charge in [0.25, 0.3) is 0 Å². The lowest BCUT2D eigenvalue weighted by Gasteiger charge is -2.11. The summed E-state index contributed by atoms with van der Waals surface area (Å²) in [5.74, 6) is 1.17. The lowest BCUT2D eigenvalue weighted by atomic mass is 10.1. The number of nitrogens with one attached hydrogen (secondary N) is 2. The van der Waals surface area contributed by atoms with Crippen molar-refractivity contribution < 1.29 is 9.53 Å². The molecule has 3 aromatic rings. The zero-order chi connectivity index (χ0) is 21.3. The van der Waals surface area contributed by atoms with Crippen LogP contribution in [0, 0.1) is 5.92 Å². The fraction of sp³-hybridized carbons (Fsp3) is 0.240. The topological polar surface area (TPSA) is 50.4 Å². The molecule has 0 aliphatic rings. The summed E-state index contributed by atoms with van der Waals surface area (Å²) in [6.07, 6.45) is 0.516. The zero-order valence-electron chi connectivity index (χ0n) is 17.3. The fourth-order valence-corrected chi connectivity index (χ4v) is 3.16. The number of halogens is 1. The SMILES string of the molecule is CC(C)CC(=O)Nc1cccc(NCc2ccc(OCc3ccccc3Cl)cc2)c1. The fourth-order valence-electron chi connectivity index (χ4n) is 2.97. The van der Waals surface area contributed by atoms with Crippen LogP contribution in [0.15, 0.2) is 72.8 Å². The maximum atomic E-state index is 12.0. The molecule has 0 heterocycles. The van der Waals surface area contributed by atoms with E-state index >= 15 is 0 Å². The van der Waals surface area contributed by atoms with Gasteiger partial charge >= 0.3 is 0 Å². The van der Waals surface area contributed by atoms with E-state index in [1.165, 1.54) is 0 Å². The van der Waals surface area contributed by atoms with Crippen LogP contribution < -0.4 is 15.4 Å². The van der Waals surface area contributed by atoms with Crippen LogP contribution >= 0.6 is 11.6 Å². The van der Waals surface area contributed by atoms with Crippen LogP contribution in [-0.2, 0) is 17.9 Å². The van der Waals surface area contributed by atoms with E-state index in [1.807, 2.05) is 86.6 Å². The van der Waals surface area contributed by atoms with Gasteiger partial charge in [0.1, 0.15) is 12.4 Å². The first-order valence-corrected chi connectivity index (χ1v) is 10.5.